The molecule has 0 unspecified atom stereocenters. The van der Waals surface area contributed by atoms with Gasteiger partial charge in [-0.25, -0.2) is 0 Å². The molecule has 2 heteroatoms. The van der Waals surface area contributed by atoms with Gasteiger partial charge < -0.3 is 5.11 Å². The van der Waals surface area contributed by atoms with Crippen molar-refractivity contribution in [2.45, 2.75) is 13.3 Å². The molecule has 2 rings (SSSR count). The smallest absolute Gasteiger partial charge is 0.167 e. The number of ketones is 1. The second-order valence-corrected chi connectivity index (χ2v) is 4.13. The van der Waals surface area contributed by atoms with E-state index < -0.39 is 0 Å². The predicted molar refractivity (Wildman–Crippen MR) is 67.3 cm³/mol. The molecule has 0 atom stereocenters. The van der Waals surface area contributed by atoms with Crippen LogP contribution in [0.5, 0.6) is 5.75 Å². The average Bonchev–Trinajstić information content (AvgIpc) is 2.33. The molecule has 0 radical (unpaired) electrons. The number of phenols is 1. The van der Waals surface area contributed by atoms with Gasteiger partial charge in [-0.1, -0.05) is 29.8 Å². The van der Waals surface area contributed by atoms with E-state index in [0.717, 1.165) is 5.56 Å². The third-order valence-electron chi connectivity index (χ3n) is 2.67. The summed E-state index contributed by atoms with van der Waals surface area (Å²) in [4.78, 5) is 11.9. The van der Waals surface area contributed by atoms with Gasteiger partial charge in [-0.15, -0.1) is 0 Å². The third kappa shape index (κ3) is 2.94. The molecule has 0 aliphatic rings. The van der Waals surface area contributed by atoms with Crippen LogP contribution in [0.15, 0.2) is 48.5 Å². The van der Waals surface area contributed by atoms with Gasteiger partial charge in [0.1, 0.15) is 5.75 Å². The van der Waals surface area contributed by atoms with Gasteiger partial charge in [0.25, 0.3) is 0 Å². The topological polar surface area (TPSA) is 37.3 Å². The van der Waals surface area contributed by atoms with Crippen molar-refractivity contribution in [1.29, 1.82) is 0 Å². The first-order chi connectivity index (χ1) is 8.15. The van der Waals surface area contributed by atoms with E-state index in [1.165, 1.54) is 17.7 Å². The molecule has 0 saturated carbocycles. The fourth-order valence-electron chi connectivity index (χ4n) is 1.64. The van der Waals surface area contributed by atoms with Gasteiger partial charge in [0, 0.05) is 12.0 Å². The van der Waals surface area contributed by atoms with Crippen LogP contribution < -0.4 is 0 Å². The molecular formula is C15H14O2. The fraction of sp³-hybridized carbons (Fsp3) is 0.133. The monoisotopic (exact) mass is 226 g/mol. The number of benzene rings is 2. The maximum absolute atomic E-state index is 11.9. The molecule has 0 heterocycles. The summed E-state index contributed by atoms with van der Waals surface area (Å²) in [5.41, 5.74) is 2.82. The summed E-state index contributed by atoms with van der Waals surface area (Å²) < 4.78 is 0. The number of aromatic hydroxyl groups is 1. The number of Topliss-reactive ketones (excluding diaryl/α,β-unsaturated/α-hetero) is 1. The van der Waals surface area contributed by atoms with Crippen molar-refractivity contribution in [3.8, 4) is 5.75 Å². The molecule has 0 saturated heterocycles. The highest BCUT2D eigenvalue weighted by Crippen LogP contribution is 2.13. The molecular weight excluding hydrogens is 212 g/mol. The molecule has 0 aliphatic carbocycles. The number of carbonyl (C=O) groups is 1. The van der Waals surface area contributed by atoms with Gasteiger partial charge in [-0.3, -0.25) is 4.79 Å². The Hall–Kier alpha value is -2.09. The van der Waals surface area contributed by atoms with E-state index in [9.17, 15) is 4.79 Å². The SMILES string of the molecule is Cc1ccc(CC(=O)c2ccc(O)cc2)cc1. The zero-order valence-electron chi connectivity index (χ0n) is 9.68. The van der Waals surface area contributed by atoms with Crippen molar-refractivity contribution in [2.75, 3.05) is 0 Å². The Morgan fingerprint density at radius 1 is 1.00 bits per heavy atom. The van der Waals surface area contributed by atoms with E-state index in [0.29, 0.717) is 12.0 Å². The Balaban J connectivity index is 2.11. The van der Waals surface area contributed by atoms with Crippen LogP contribution in [0, 0.1) is 6.92 Å². The summed E-state index contributed by atoms with van der Waals surface area (Å²) in [6.45, 7) is 2.02. The maximum Gasteiger partial charge on any atom is 0.167 e. The minimum absolute atomic E-state index is 0.0638. The summed E-state index contributed by atoms with van der Waals surface area (Å²) in [5, 5.41) is 9.15. The lowest BCUT2D eigenvalue weighted by atomic mass is 10.0. The van der Waals surface area contributed by atoms with E-state index in [1.54, 1.807) is 12.1 Å². The average molecular weight is 226 g/mol. The van der Waals surface area contributed by atoms with Crippen molar-refractivity contribution in [3.63, 3.8) is 0 Å². The molecule has 0 aliphatic heterocycles. The van der Waals surface area contributed by atoms with Gasteiger partial charge in [0.05, 0.1) is 0 Å². The molecule has 0 amide bonds. The molecule has 2 aromatic rings. The summed E-state index contributed by atoms with van der Waals surface area (Å²) in [5.74, 6) is 0.241. The Kier molecular flexibility index (Phi) is 3.24. The van der Waals surface area contributed by atoms with Crippen molar-refractivity contribution < 1.29 is 9.90 Å². The number of rotatable bonds is 3. The molecule has 17 heavy (non-hydrogen) atoms. The lowest BCUT2D eigenvalue weighted by Gasteiger charge is -2.02. The predicted octanol–water partition coefficient (Wildman–Crippen LogP) is 3.13. The first-order valence-electron chi connectivity index (χ1n) is 5.53. The first kappa shape index (κ1) is 11.4. The highest BCUT2D eigenvalue weighted by Gasteiger charge is 2.06. The van der Waals surface area contributed by atoms with E-state index in [1.807, 2.05) is 31.2 Å². The number of carbonyl (C=O) groups excluding carboxylic acids is 1. The quantitative estimate of drug-likeness (QED) is 0.816. The minimum Gasteiger partial charge on any atom is -0.508 e. The van der Waals surface area contributed by atoms with Crippen LogP contribution in [-0.2, 0) is 6.42 Å². The molecule has 2 nitrogen and oxygen atoms in total. The van der Waals surface area contributed by atoms with Crippen LogP contribution in [0.25, 0.3) is 0 Å². The van der Waals surface area contributed by atoms with E-state index in [4.69, 9.17) is 5.11 Å². The van der Waals surface area contributed by atoms with Gasteiger partial charge >= 0.3 is 0 Å². The maximum atomic E-state index is 11.9. The van der Waals surface area contributed by atoms with Crippen LogP contribution in [0.1, 0.15) is 21.5 Å². The van der Waals surface area contributed by atoms with E-state index in [2.05, 4.69) is 0 Å². The molecule has 2 aromatic carbocycles. The van der Waals surface area contributed by atoms with Gasteiger partial charge in [-0.2, -0.15) is 0 Å². The second kappa shape index (κ2) is 4.83. The normalized spacial score (nSPS) is 10.2. The van der Waals surface area contributed by atoms with Crippen LogP contribution in [-0.4, -0.2) is 10.9 Å². The Morgan fingerprint density at radius 3 is 2.18 bits per heavy atom. The fourth-order valence-corrected chi connectivity index (χ4v) is 1.64. The van der Waals surface area contributed by atoms with Gasteiger partial charge in [-0.05, 0) is 36.8 Å². The van der Waals surface area contributed by atoms with Crippen molar-refractivity contribution in [2.24, 2.45) is 0 Å². The zero-order chi connectivity index (χ0) is 12.3. The summed E-state index contributed by atoms with van der Waals surface area (Å²) in [6, 6.07) is 14.3. The summed E-state index contributed by atoms with van der Waals surface area (Å²) in [7, 11) is 0. The summed E-state index contributed by atoms with van der Waals surface area (Å²) >= 11 is 0. The van der Waals surface area contributed by atoms with Crippen LogP contribution in [0.3, 0.4) is 0 Å². The Labute approximate surface area is 101 Å². The lowest BCUT2D eigenvalue weighted by molar-refractivity contribution is 0.0993. The van der Waals surface area contributed by atoms with Crippen molar-refractivity contribution in [3.05, 3.63) is 65.2 Å². The molecule has 86 valence electrons. The summed E-state index contributed by atoms with van der Waals surface area (Å²) in [6.07, 6.45) is 0.394. The van der Waals surface area contributed by atoms with E-state index >= 15 is 0 Å². The standard InChI is InChI=1S/C15H14O2/c1-11-2-4-12(5-3-11)10-15(17)13-6-8-14(16)9-7-13/h2-9,16H,10H2,1H3. The molecule has 0 aromatic heterocycles. The van der Waals surface area contributed by atoms with Gasteiger partial charge in [0.15, 0.2) is 5.78 Å². The molecule has 0 spiro atoms. The Morgan fingerprint density at radius 2 is 1.59 bits per heavy atom. The van der Waals surface area contributed by atoms with Crippen LogP contribution >= 0.6 is 0 Å². The third-order valence-corrected chi connectivity index (χ3v) is 2.67. The minimum atomic E-state index is 0.0638. The highest BCUT2D eigenvalue weighted by molar-refractivity contribution is 5.97. The van der Waals surface area contributed by atoms with Crippen LogP contribution in [0.4, 0.5) is 0 Å². The number of hydrogen-bond donors (Lipinski definition) is 1. The van der Waals surface area contributed by atoms with E-state index in [-0.39, 0.29) is 11.5 Å². The van der Waals surface area contributed by atoms with Crippen molar-refractivity contribution in [1.82, 2.24) is 0 Å². The van der Waals surface area contributed by atoms with Crippen molar-refractivity contribution >= 4 is 5.78 Å². The molecule has 0 bridgehead atoms. The first-order valence-corrected chi connectivity index (χ1v) is 5.53. The van der Waals surface area contributed by atoms with Gasteiger partial charge in [0.2, 0.25) is 0 Å². The molecule has 0 fully saturated rings. The largest absolute Gasteiger partial charge is 0.508 e. The Bertz CT molecular complexity index is 510. The molecule has 1 N–H and O–H groups in total. The number of phenolic OH excluding ortho intramolecular Hbond substituents is 1. The highest BCUT2D eigenvalue weighted by atomic mass is 16.3. The lowest BCUT2D eigenvalue weighted by Crippen LogP contribution is -2.03. The van der Waals surface area contributed by atoms with Crippen LogP contribution in [0.2, 0.25) is 0 Å². The zero-order valence-corrected chi connectivity index (χ0v) is 9.68. The second-order valence-electron chi connectivity index (χ2n) is 4.13. The number of aryl methyl sites for hydroxylation is 1. The number of hydrogen-bond acceptors (Lipinski definition) is 2.